The average molecular weight is 230 g/mol. The van der Waals surface area contributed by atoms with Gasteiger partial charge in [0.05, 0.1) is 12.0 Å². The second kappa shape index (κ2) is 6.08. The lowest BCUT2D eigenvalue weighted by Gasteiger charge is -2.15. The fourth-order valence-electron chi connectivity index (χ4n) is 1.34. The Morgan fingerprint density at radius 1 is 1.27 bits per heavy atom. The summed E-state index contributed by atoms with van der Waals surface area (Å²) in [6.45, 7) is 0.786. The standard InChI is InChI=1S/C11H16ClNO2/c1-13-7-8-2-4-9(5-3-8)11(15)10(14)6-12/h2-5,10-11,13-15H,6-7H2,1H3. The summed E-state index contributed by atoms with van der Waals surface area (Å²) in [4.78, 5) is 0. The SMILES string of the molecule is CNCc1ccc(C(O)C(O)CCl)cc1. The Kier molecular flexibility index (Phi) is 5.05. The number of aliphatic hydroxyl groups excluding tert-OH is 2. The molecule has 0 amide bonds. The third-order valence-corrected chi connectivity index (χ3v) is 2.54. The summed E-state index contributed by atoms with van der Waals surface area (Å²) in [5.41, 5.74) is 1.82. The maximum Gasteiger partial charge on any atom is 0.106 e. The van der Waals surface area contributed by atoms with Crippen LogP contribution in [0.15, 0.2) is 24.3 Å². The fraction of sp³-hybridized carbons (Fsp3) is 0.455. The number of rotatable bonds is 5. The van der Waals surface area contributed by atoms with Gasteiger partial charge in [0, 0.05) is 6.54 Å². The van der Waals surface area contributed by atoms with Crippen molar-refractivity contribution in [2.45, 2.75) is 18.8 Å². The van der Waals surface area contributed by atoms with Gasteiger partial charge in [0.2, 0.25) is 0 Å². The molecule has 0 aliphatic heterocycles. The van der Waals surface area contributed by atoms with Crippen molar-refractivity contribution >= 4 is 11.6 Å². The first kappa shape index (κ1) is 12.5. The van der Waals surface area contributed by atoms with Crippen LogP contribution in [0.2, 0.25) is 0 Å². The molecule has 3 N–H and O–H groups in total. The van der Waals surface area contributed by atoms with Crippen molar-refractivity contribution in [1.82, 2.24) is 5.32 Å². The smallest absolute Gasteiger partial charge is 0.106 e. The van der Waals surface area contributed by atoms with Crippen LogP contribution < -0.4 is 5.32 Å². The van der Waals surface area contributed by atoms with Crippen molar-refractivity contribution in [2.75, 3.05) is 12.9 Å². The predicted molar refractivity (Wildman–Crippen MR) is 60.9 cm³/mol. The van der Waals surface area contributed by atoms with E-state index in [0.29, 0.717) is 5.56 Å². The average Bonchev–Trinajstić information content (AvgIpc) is 2.28. The Morgan fingerprint density at radius 3 is 2.33 bits per heavy atom. The van der Waals surface area contributed by atoms with Gasteiger partial charge in [0.25, 0.3) is 0 Å². The molecule has 15 heavy (non-hydrogen) atoms. The zero-order valence-corrected chi connectivity index (χ0v) is 9.41. The minimum atomic E-state index is -0.915. The van der Waals surface area contributed by atoms with Gasteiger partial charge in [0.1, 0.15) is 6.10 Å². The van der Waals surface area contributed by atoms with E-state index in [2.05, 4.69) is 5.32 Å². The normalized spacial score (nSPS) is 14.9. The lowest BCUT2D eigenvalue weighted by atomic mass is 10.0. The molecule has 1 rings (SSSR count). The van der Waals surface area contributed by atoms with Gasteiger partial charge in [-0.15, -0.1) is 11.6 Å². The van der Waals surface area contributed by atoms with E-state index in [1.54, 1.807) is 12.1 Å². The van der Waals surface area contributed by atoms with Crippen LogP contribution in [0.25, 0.3) is 0 Å². The van der Waals surface area contributed by atoms with Crippen molar-refractivity contribution in [3.63, 3.8) is 0 Å². The minimum Gasteiger partial charge on any atom is -0.389 e. The van der Waals surface area contributed by atoms with Gasteiger partial charge in [-0.1, -0.05) is 24.3 Å². The number of nitrogens with one attached hydrogen (secondary N) is 1. The van der Waals surface area contributed by atoms with Crippen LogP contribution in [0, 0.1) is 0 Å². The number of hydrogen-bond acceptors (Lipinski definition) is 3. The van der Waals surface area contributed by atoms with E-state index in [0.717, 1.165) is 12.1 Å². The van der Waals surface area contributed by atoms with Gasteiger partial charge in [-0.05, 0) is 18.2 Å². The van der Waals surface area contributed by atoms with E-state index in [-0.39, 0.29) is 5.88 Å². The highest BCUT2D eigenvalue weighted by atomic mass is 35.5. The maximum absolute atomic E-state index is 9.66. The highest BCUT2D eigenvalue weighted by molar-refractivity contribution is 6.18. The molecule has 0 aliphatic carbocycles. The molecule has 0 spiro atoms. The van der Waals surface area contributed by atoms with E-state index in [4.69, 9.17) is 11.6 Å². The number of benzene rings is 1. The predicted octanol–water partition coefficient (Wildman–Crippen LogP) is 1.04. The maximum atomic E-state index is 9.66. The number of halogens is 1. The second-order valence-corrected chi connectivity index (χ2v) is 3.75. The van der Waals surface area contributed by atoms with Gasteiger partial charge in [-0.2, -0.15) is 0 Å². The minimum absolute atomic E-state index is 0.0272. The number of alkyl halides is 1. The van der Waals surface area contributed by atoms with Crippen molar-refractivity contribution in [3.05, 3.63) is 35.4 Å². The molecule has 0 radical (unpaired) electrons. The molecule has 0 aromatic heterocycles. The summed E-state index contributed by atoms with van der Waals surface area (Å²) >= 11 is 5.46. The zero-order valence-electron chi connectivity index (χ0n) is 8.65. The molecule has 0 aliphatic rings. The first-order chi connectivity index (χ1) is 7.19. The van der Waals surface area contributed by atoms with Crippen molar-refractivity contribution in [2.24, 2.45) is 0 Å². The highest BCUT2D eigenvalue weighted by Crippen LogP contribution is 2.18. The van der Waals surface area contributed by atoms with Gasteiger partial charge < -0.3 is 15.5 Å². The molecule has 0 heterocycles. The van der Waals surface area contributed by atoms with E-state index in [9.17, 15) is 10.2 Å². The molecule has 2 unspecified atom stereocenters. The molecule has 3 nitrogen and oxygen atoms in total. The van der Waals surface area contributed by atoms with Crippen LogP contribution in [0.5, 0.6) is 0 Å². The Bertz CT molecular complexity index is 289. The number of hydrogen-bond donors (Lipinski definition) is 3. The largest absolute Gasteiger partial charge is 0.389 e. The lowest BCUT2D eigenvalue weighted by Crippen LogP contribution is -2.19. The summed E-state index contributed by atoms with van der Waals surface area (Å²) in [5.74, 6) is 0.0272. The van der Waals surface area contributed by atoms with Crippen LogP contribution in [0.1, 0.15) is 17.2 Å². The molecule has 0 saturated carbocycles. The fourth-order valence-corrected chi connectivity index (χ4v) is 1.51. The van der Waals surface area contributed by atoms with Gasteiger partial charge in [-0.3, -0.25) is 0 Å². The Morgan fingerprint density at radius 2 is 1.87 bits per heavy atom. The molecule has 0 saturated heterocycles. The van der Waals surface area contributed by atoms with Crippen molar-refractivity contribution < 1.29 is 10.2 Å². The summed E-state index contributed by atoms with van der Waals surface area (Å²) in [6.07, 6.45) is -1.83. The third kappa shape index (κ3) is 3.47. The quantitative estimate of drug-likeness (QED) is 0.662. The van der Waals surface area contributed by atoms with Gasteiger partial charge in [0.15, 0.2) is 0 Å². The molecule has 84 valence electrons. The summed E-state index contributed by atoms with van der Waals surface area (Å²) in [5, 5.41) is 22.1. The third-order valence-electron chi connectivity index (χ3n) is 2.22. The second-order valence-electron chi connectivity index (χ2n) is 3.44. The van der Waals surface area contributed by atoms with Crippen LogP contribution in [0.4, 0.5) is 0 Å². The monoisotopic (exact) mass is 229 g/mol. The lowest BCUT2D eigenvalue weighted by molar-refractivity contribution is 0.0327. The molecule has 0 fully saturated rings. The van der Waals surface area contributed by atoms with E-state index < -0.39 is 12.2 Å². The first-order valence-electron chi connectivity index (χ1n) is 4.84. The topological polar surface area (TPSA) is 52.5 Å². The van der Waals surface area contributed by atoms with E-state index in [1.165, 1.54) is 0 Å². The number of aliphatic hydroxyl groups is 2. The molecular formula is C11H16ClNO2. The van der Waals surface area contributed by atoms with E-state index >= 15 is 0 Å². The van der Waals surface area contributed by atoms with Crippen molar-refractivity contribution in [3.8, 4) is 0 Å². The Hall–Kier alpha value is -0.610. The highest BCUT2D eigenvalue weighted by Gasteiger charge is 2.16. The van der Waals surface area contributed by atoms with Crippen LogP contribution >= 0.6 is 11.6 Å². The zero-order chi connectivity index (χ0) is 11.3. The first-order valence-corrected chi connectivity index (χ1v) is 5.38. The molecule has 2 atom stereocenters. The molecule has 1 aromatic rings. The van der Waals surface area contributed by atoms with E-state index in [1.807, 2.05) is 19.2 Å². The molecule has 1 aromatic carbocycles. The molecular weight excluding hydrogens is 214 g/mol. The summed E-state index contributed by atoms with van der Waals surface area (Å²) < 4.78 is 0. The summed E-state index contributed by atoms with van der Waals surface area (Å²) in [7, 11) is 1.88. The Labute approximate surface area is 94.7 Å². The van der Waals surface area contributed by atoms with Crippen LogP contribution in [-0.2, 0) is 6.54 Å². The molecule has 0 bridgehead atoms. The van der Waals surface area contributed by atoms with Gasteiger partial charge in [-0.25, -0.2) is 0 Å². The van der Waals surface area contributed by atoms with Crippen LogP contribution in [-0.4, -0.2) is 29.2 Å². The van der Waals surface area contributed by atoms with Crippen molar-refractivity contribution in [1.29, 1.82) is 0 Å². The van der Waals surface area contributed by atoms with Crippen LogP contribution in [0.3, 0.4) is 0 Å². The Balaban J connectivity index is 2.70. The summed E-state index contributed by atoms with van der Waals surface area (Å²) in [6, 6.07) is 7.42. The molecule has 4 heteroatoms. The van der Waals surface area contributed by atoms with Gasteiger partial charge >= 0.3 is 0 Å².